The molecule has 0 spiro atoms. The summed E-state index contributed by atoms with van der Waals surface area (Å²) in [6, 6.07) is 13.6. The van der Waals surface area contributed by atoms with Crippen molar-refractivity contribution in [2.45, 2.75) is 26.3 Å². The lowest BCUT2D eigenvalue weighted by Gasteiger charge is -2.07. The van der Waals surface area contributed by atoms with Crippen LogP contribution in [0.5, 0.6) is 0 Å². The van der Waals surface area contributed by atoms with Crippen molar-refractivity contribution in [3.8, 4) is 11.3 Å². The third-order valence-electron chi connectivity index (χ3n) is 3.05. The number of likely N-dealkylation sites (N-methyl/N-ethyl adjacent to an activating group) is 1. The Morgan fingerprint density at radius 1 is 1.24 bits per heavy atom. The molecule has 0 fully saturated rings. The van der Waals surface area contributed by atoms with Gasteiger partial charge in [0, 0.05) is 16.8 Å². The molecule has 2 rings (SSSR count). The monoisotopic (exact) mass is 304 g/mol. The number of carbonyl (C=O) groups excluding carboxylic acids is 1. The van der Waals surface area contributed by atoms with Crippen LogP contribution in [0.2, 0.25) is 5.02 Å². The molecule has 0 amide bonds. The highest BCUT2D eigenvalue weighted by molar-refractivity contribution is 6.30. The summed E-state index contributed by atoms with van der Waals surface area (Å²) < 4.78 is 0. The summed E-state index contributed by atoms with van der Waals surface area (Å²) in [5.74, 6) is 0.218. The van der Waals surface area contributed by atoms with E-state index in [9.17, 15) is 4.79 Å². The van der Waals surface area contributed by atoms with Gasteiger partial charge in [0.25, 0.3) is 0 Å². The normalized spacial score (nSPS) is 11.2. The van der Waals surface area contributed by atoms with Gasteiger partial charge >= 0.3 is 0 Å². The standard InChI is InChI=1S/C11H8ClN.C6H13NO/c12-10-6-4-9(5-7-10)11-3-1-2-8-13-11;1-4-6(7-3)5(2)8/h1-8H;6-7H,4H2,1-3H3/t;6-/m.0/s1. The van der Waals surface area contributed by atoms with E-state index in [0.29, 0.717) is 0 Å². The van der Waals surface area contributed by atoms with Gasteiger partial charge in [-0.15, -0.1) is 0 Å². The Morgan fingerprint density at radius 2 is 1.90 bits per heavy atom. The topological polar surface area (TPSA) is 42.0 Å². The van der Waals surface area contributed by atoms with Crippen molar-refractivity contribution in [1.29, 1.82) is 0 Å². The van der Waals surface area contributed by atoms with E-state index in [0.717, 1.165) is 22.7 Å². The van der Waals surface area contributed by atoms with E-state index in [1.165, 1.54) is 0 Å². The number of benzene rings is 1. The first-order valence-electron chi connectivity index (χ1n) is 6.93. The molecular weight excluding hydrogens is 284 g/mol. The number of halogens is 1. The number of hydrogen-bond acceptors (Lipinski definition) is 3. The average Bonchev–Trinajstić information content (AvgIpc) is 2.50. The number of carbonyl (C=O) groups is 1. The summed E-state index contributed by atoms with van der Waals surface area (Å²) in [4.78, 5) is 14.8. The number of nitrogens with zero attached hydrogens (tertiary/aromatic N) is 1. The summed E-state index contributed by atoms with van der Waals surface area (Å²) in [6.07, 6.45) is 2.66. The first-order valence-corrected chi connectivity index (χ1v) is 7.31. The molecule has 0 unspecified atom stereocenters. The molecular formula is C17H21ClN2O. The van der Waals surface area contributed by atoms with Gasteiger partial charge in [0.05, 0.1) is 11.7 Å². The Balaban J connectivity index is 0.000000240. The molecule has 0 aliphatic rings. The van der Waals surface area contributed by atoms with Crippen LogP contribution in [0.3, 0.4) is 0 Å². The molecule has 1 heterocycles. The largest absolute Gasteiger partial charge is 0.311 e. The molecule has 3 nitrogen and oxygen atoms in total. The molecule has 0 bridgehead atoms. The minimum atomic E-state index is 0.0648. The molecule has 2 aromatic rings. The summed E-state index contributed by atoms with van der Waals surface area (Å²) in [6.45, 7) is 3.59. The third-order valence-corrected chi connectivity index (χ3v) is 3.30. The Bertz CT molecular complexity index is 536. The van der Waals surface area contributed by atoms with Gasteiger partial charge in [-0.2, -0.15) is 0 Å². The number of Topliss-reactive ketones (excluding diaryl/α,β-unsaturated/α-hetero) is 1. The van der Waals surface area contributed by atoms with E-state index < -0.39 is 0 Å². The molecule has 4 heteroatoms. The molecule has 0 aliphatic heterocycles. The molecule has 0 saturated heterocycles. The summed E-state index contributed by atoms with van der Waals surface area (Å²) in [5.41, 5.74) is 2.06. The molecule has 0 aliphatic carbocycles. The summed E-state index contributed by atoms with van der Waals surface area (Å²) >= 11 is 5.78. The van der Waals surface area contributed by atoms with Crippen LogP contribution in [0.1, 0.15) is 20.3 Å². The van der Waals surface area contributed by atoms with Gasteiger partial charge in [0.15, 0.2) is 0 Å². The second-order valence-corrected chi connectivity index (χ2v) is 5.02. The van der Waals surface area contributed by atoms with Gasteiger partial charge in [-0.1, -0.05) is 36.7 Å². The number of pyridine rings is 1. The molecule has 1 atom stereocenters. The van der Waals surface area contributed by atoms with Crippen LogP contribution in [0.4, 0.5) is 0 Å². The van der Waals surface area contributed by atoms with Crippen LogP contribution < -0.4 is 5.32 Å². The van der Waals surface area contributed by atoms with Crippen molar-refractivity contribution < 1.29 is 4.79 Å². The lowest BCUT2D eigenvalue weighted by atomic mass is 10.1. The highest BCUT2D eigenvalue weighted by Gasteiger charge is 2.05. The fraction of sp³-hybridized carbons (Fsp3) is 0.294. The predicted octanol–water partition coefficient (Wildman–Crippen LogP) is 3.98. The third kappa shape index (κ3) is 6.06. The molecule has 112 valence electrons. The van der Waals surface area contributed by atoms with Crippen molar-refractivity contribution in [1.82, 2.24) is 10.3 Å². The zero-order valence-electron chi connectivity index (χ0n) is 12.6. The van der Waals surface area contributed by atoms with Crippen molar-refractivity contribution >= 4 is 17.4 Å². The first kappa shape index (κ1) is 17.3. The summed E-state index contributed by atoms with van der Waals surface area (Å²) in [5, 5.41) is 3.65. The first-order chi connectivity index (χ1) is 10.1. The Labute approximate surface area is 131 Å². The molecule has 1 N–H and O–H groups in total. The maximum Gasteiger partial charge on any atom is 0.146 e. The number of nitrogens with one attached hydrogen (secondary N) is 1. The quantitative estimate of drug-likeness (QED) is 0.929. The minimum absolute atomic E-state index is 0.0648. The van der Waals surface area contributed by atoms with E-state index in [-0.39, 0.29) is 11.8 Å². The number of rotatable bonds is 4. The molecule has 0 radical (unpaired) electrons. The van der Waals surface area contributed by atoms with E-state index >= 15 is 0 Å². The number of ketones is 1. The Kier molecular flexibility index (Phi) is 7.65. The van der Waals surface area contributed by atoms with Crippen LogP contribution >= 0.6 is 11.6 Å². The van der Waals surface area contributed by atoms with Gasteiger partial charge in [0.1, 0.15) is 5.78 Å². The van der Waals surface area contributed by atoms with Gasteiger partial charge in [0.2, 0.25) is 0 Å². The van der Waals surface area contributed by atoms with Crippen molar-refractivity contribution in [3.63, 3.8) is 0 Å². The molecule has 0 saturated carbocycles. The van der Waals surface area contributed by atoms with Crippen molar-refractivity contribution in [2.75, 3.05) is 7.05 Å². The van der Waals surface area contributed by atoms with Crippen LogP contribution in [0.25, 0.3) is 11.3 Å². The molecule has 1 aromatic heterocycles. The van der Waals surface area contributed by atoms with E-state index in [1.54, 1.807) is 20.2 Å². The second kappa shape index (κ2) is 9.27. The minimum Gasteiger partial charge on any atom is -0.311 e. The highest BCUT2D eigenvalue weighted by atomic mass is 35.5. The second-order valence-electron chi connectivity index (χ2n) is 4.58. The average molecular weight is 305 g/mol. The van der Waals surface area contributed by atoms with Gasteiger partial charge < -0.3 is 5.32 Å². The smallest absolute Gasteiger partial charge is 0.146 e. The van der Waals surface area contributed by atoms with Gasteiger partial charge in [-0.25, -0.2) is 0 Å². The number of hydrogen-bond donors (Lipinski definition) is 1. The van der Waals surface area contributed by atoms with Gasteiger partial charge in [-0.3, -0.25) is 9.78 Å². The molecule has 21 heavy (non-hydrogen) atoms. The predicted molar refractivity (Wildman–Crippen MR) is 88.5 cm³/mol. The van der Waals surface area contributed by atoms with E-state index in [2.05, 4.69) is 10.3 Å². The SMILES string of the molecule is CC[C@H](NC)C(C)=O.Clc1ccc(-c2ccccn2)cc1. The summed E-state index contributed by atoms with van der Waals surface area (Å²) in [7, 11) is 1.80. The highest BCUT2D eigenvalue weighted by Crippen LogP contribution is 2.18. The van der Waals surface area contributed by atoms with Crippen LogP contribution in [-0.4, -0.2) is 23.9 Å². The molecule has 1 aromatic carbocycles. The van der Waals surface area contributed by atoms with Crippen LogP contribution in [0, 0.1) is 0 Å². The van der Waals surface area contributed by atoms with Crippen molar-refractivity contribution in [3.05, 3.63) is 53.7 Å². The fourth-order valence-electron chi connectivity index (χ4n) is 1.85. The zero-order valence-corrected chi connectivity index (χ0v) is 13.4. The maximum atomic E-state index is 10.5. The van der Waals surface area contributed by atoms with Crippen LogP contribution in [0.15, 0.2) is 48.7 Å². The fourth-order valence-corrected chi connectivity index (χ4v) is 1.98. The van der Waals surface area contributed by atoms with Crippen LogP contribution in [-0.2, 0) is 4.79 Å². The lowest BCUT2D eigenvalue weighted by molar-refractivity contribution is -0.118. The lowest BCUT2D eigenvalue weighted by Crippen LogP contribution is -2.31. The number of aromatic nitrogens is 1. The van der Waals surface area contributed by atoms with E-state index in [4.69, 9.17) is 11.6 Å². The van der Waals surface area contributed by atoms with E-state index in [1.807, 2.05) is 49.4 Å². The zero-order chi connectivity index (χ0) is 15.7. The van der Waals surface area contributed by atoms with Crippen molar-refractivity contribution in [2.24, 2.45) is 0 Å². The maximum absolute atomic E-state index is 10.5. The van der Waals surface area contributed by atoms with Gasteiger partial charge in [-0.05, 0) is 44.7 Å². The Hall–Kier alpha value is -1.71. The Morgan fingerprint density at radius 3 is 2.29 bits per heavy atom.